The molecule has 3 N–H and O–H groups in total. The Morgan fingerprint density at radius 3 is 2.56 bits per heavy atom. The first-order valence-electron chi connectivity index (χ1n) is 7.31. The van der Waals surface area contributed by atoms with Gasteiger partial charge in [0.2, 0.25) is 10.0 Å². The number of esters is 1. The predicted molar refractivity (Wildman–Crippen MR) is 85.7 cm³/mol. The van der Waals surface area contributed by atoms with Crippen molar-refractivity contribution in [3.8, 4) is 0 Å². The molecule has 25 heavy (non-hydrogen) atoms. The van der Waals surface area contributed by atoms with Crippen LogP contribution in [0.15, 0.2) is 17.3 Å². The molecule has 11 nitrogen and oxygen atoms in total. The number of nitrogens with one attached hydrogen (secondary N) is 3. The molecule has 1 aromatic rings. The monoisotopic (exact) mass is 375 g/mol. The van der Waals surface area contributed by atoms with E-state index < -0.39 is 41.1 Å². The SMILES string of the molecule is CC(C)CNC(=O)NC(=O)COC(=O)CNS(=O)(=O)c1cnn(C)c1. The van der Waals surface area contributed by atoms with Crippen LogP contribution >= 0.6 is 0 Å². The van der Waals surface area contributed by atoms with Gasteiger partial charge >= 0.3 is 12.0 Å². The lowest BCUT2D eigenvalue weighted by atomic mass is 10.2. The Balaban J connectivity index is 2.33. The predicted octanol–water partition coefficient (Wildman–Crippen LogP) is -1.28. The summed E-state index contributed by atoms with van der Waals surface area (Å²) in [7, 11) is -2.36. The summed E-state index contributed by atoms with van der Waals surface area (Å²) in [4.78, 5) is 34.1. The van der Waals surface area contributed by atoms with Gasteiger partial charge in [-0.3, -0.25) is 19.6 Å². The number of carbonyl (C=O) groups is 3. The Bertz CT molecular complexity index is 727. The largest absolute Gasteiger partial charge is 0.455 e. The fourth-order valence-corrected chi connectivity index (χ4v) is 2.43. The van der Waals surface area contributed by atoms with Crippen LogP contribution in [0.5, 0.6) is 0 Å². The molecule has 140 valence electrons. The Morgan fingerprint density at radius 1 is 1.32 bits per heavy atom. The Labute approximate surface area is 145 Å². The van der Waals surface area contributed by atoms with Crippen LogP contribution in [0.3, 0.4) is 0 Å². The highest BCUT2D eigenvalue weighted by Gasteiger charge is 2.18. The molecule has 0 radical (unpaired) electrons. The van der Waals surface area contributed by atoms with Crippen molar-refractivity contribution in [2.24, 2.45) is 13.0 Å². The zero-order valence-electron chi connectivity index (χ0n) is 14.1. The highest BCUT2D eigenvalue weighted by atomic mass is 32.2. The summed E-state index contributed by atoms with van der Waals surface area (Å²) in [6.45, 7) is 2.79. The van der Waals surface area contributed by atoms with Crippen LogP contribution in [0, 0.1) is 5.92 Å². The summed E-state index contributed by atoms with van der Waals surface area (Å²) < 4.78 is 31.6. The first-order chi connectivity index (χ1) is 11.6. The third kappa shape index (κ3) is 7.76. The lowest BCUT2D eigenvalue weighted by Gasteiger charge is -2.09. The van der Waals surface area contributed by atoms with Gasteiger partial charge in [-0.25, -0.2) is 13.2 Å². The van der Waals surface area contributed by atoms with Crippen LogP contribution in [-0.4, -0.2) is 55.8 Å². The molecule has 0 aliphatic rings. The smallest absolute Gasteiger partial charge is 0.321 e. The number of aryl methyl sites for hydroxylation is 1. The Hall–Kier alpha value is -2.47. The number of nitrogens with zero attached hydrogens (tertiary/aromatic N) is 2. The van der Waals surface area contributed by atoms with E-state index >= 15 is 0 Å². The minimum absolute atomic E-state index is 0.109. The summed E-state index contributed by atoms with van der Waals surface area (Å²) in [6, 6.07) is -0.702. The van der Waals surface area contributed by atoms with E-state index in [4.69, 9.17) is 0 Å². The highest BCUT2D eigenvalue weighted by Crippen LogP contribution is 2.05. The summed E-state index contributed by atoms with van der Waals surface area (Å²) in [5, 5.41) is 8.14. The van der Waals surface area contributed by atoms with E-state index in [9.17, 15) is 22.8 Å². The second-order valence-corrected chi connectivity index (χ2v) is 7.25. The fraction of sp³-hybridized carbons (Fsp3) is 0.538. The number of rotatable bonds is 8. The lowest BCUT2D eigenvalue weighted by molar-refractivity contribution is -0.147. The van der Waals surface area contributed by atoms with Gasteiger partial charge in [0.05, 0.1) is 6.20 Å². The second kappa shape index (κ2) is 9.13. The first-order valence-corrected chi connectivity index (χ1v) is 8.80. The minimum Gasteiger partial charge on any atom is -0.455 e. The highest BCUT2D eigenvalue weighted by molar-refractivity contribution is 7.89. The fourth-order valence-electron chi connectivity index (χ4n) is 1.48. The van der Waals surface area contributed by atoms with E-state index in [1.165, 1.54) is 10.9 Å². The number of aromatic nitrogens is 2. The van der Waals surface area contributed by atoms with Crippen molar-refractivity contribution < 1.29 is 27.5 Å². The standard InChI is InChI=1S/C13H21N5O6S/c1-9(2)4-14-13(21)17-11(19)8-24-12(20)6-16-25(22,23)10-5-15-18(3)7-10/h5,7,9,16H,4,6,8H2,1-3H3,(H2,14,17,19,21). The third-order valence-corrected chi connectivity index (χ3v) is 4.04. The maximum atomic E-state index is 11.9. The number of hydrogen-bond acceptors (Lipinski definition) is 7. The van der Waals surface area contributed by atoms with Gasteiger partial charge in [-0.05, 0) is 5.92 Å². The van der Waals surface area contributed by atoms with E-state index in [0.717, 1.165) is 6.20 Å². The maximum absolute atomic E-state index is 11.9. The van der Waals surface area contributed by atoms with Gasteiger partial charge in [-0.2, -0.15) is 9.82 Å². The van der Waals surface area contributed by atoms with Crippen LogP contribution in [0.4, 0.5) is 4.79 Å². The van der Waals surface area contributed by atoms with Crippen molar-refractivity contribution in [1.82, 2.24) is 25.1 Å². The van der Waals surface area contributed by atoms with Gasteiger partial charge in [-0.15, -0.1) is 0 Å². The van der Waals surface area contributed by atoms with Gasteiger partial charge in [0.1, 0.15) is 11.4 Å². The first kappa shape index (κ1) is 20.6. The molecule has 12 heteroatoms. The summed E-state index contributed by atoms with van der Waals surface area (Å²) in [5.74, 6) is -1.58. The van der Waals surface area contributed by atoms with Gasteiger partial charge in [0.25, 0.3) is 5.91 Å². The molecule has 0 fully saturated rings. The molecule has 1 rings (SSSR count). The number of imide groups is 1. The zero-order chi connectivity index (χ0) is 19.0. The van der Waals surface area contributed by atoms with Crippen LogP contribution in [-0.2, 0) is 31.4 Å². The summed E-state index contributed by atoms with van der Waals surface area (Å²) >= 11 is 0. The van der Waals surface area contributed by atoms with E-state index in [0.29, 0.717) is 6.54 Å². The lowest BCUT2D eigenvalue weighted by Crippen LogP contribution is -2.43. The number of carbonyl (C=O) groups excluding carboxylic acids is 3. The van der Waals surface area contributed by atoms with Crippen molar-refractivity contribution in [3.63, 3.8) is 0 Å². The molecule has 0 bridgehead atoms. The van der Waals surface area contributed by atoms with Gasteiger partial charge in [-0.1, -0.05) is 13.8 Å². The molecule has 0 aliphatic heterocycles. The van der Waals surface area contributed by atoms with Crippen molar-refractivity contribution in [1.29, 1.82) is 0 Å². The van der Waals surface area contributed by atoms with Crippen molar-refractivity contribution in [2.75, 3.05) is 19.7 Å². The molecule has 3 amide bonds. The molecule has 0 spiro atoms. The van der Waals surface area contributed by atoms with Crippen LogP contribution in [0.2, 0.25) is 0 Å². The van der Waals surface area contributed by atoms with Crippen LogP contribution in [0.1, 0.15) is 13.8 Å². The zero-order valence-corrected chi connectivity index (χ0v) is 14.9. The van der Waals surface area contributed by atoms with Crippen molar-refractivity contribution in [2.45, 2.75) is 18.7 Å². The van der Waals surface area contributed by atoms with Crippen LogP contribution in [0.25, 0.3) is 0 Å². The number of sulfonamides is 1. The number of ether oxygens (including phenoxy) is 1. The quantitative estimate of drug-likeness (QED) is 0.479. The number of hydrogen-bond donors (Lipinski definition) is 3. The molecule has 0 aromatic carbocycles. The molecule has 0 saturated heterocycles. The third-order valence-electron chi connectivity index (χ3n) is 2.69. The Morgan fingerprint density at radius 2 is 2.00 bits per heavy atom. The van der Waals surface area contributed by atoms with E-state index in [2.05, 4.69) is 15.2 Å². The topological polar surface area (TPSA) is 148 Å². The molecule has 0 atom stereocenters. The van der Waals surface area contributed by atoms with Gasteiger partial charge < -0.3 is 10.1 Å². The maximum Gasteiger partial charge on any atom is 0.321 e. The minimum atomic E-state index is -3.91. The van der Waals surface area contributed by atoms with E-state index in [-0.39, 0.29) is 10.8 Å². The average Bonchev–Trinajstić information content (AvgIpc) is 2.96. The van der Waals surface area contributed by atoms with E-state index in [1.807, 2.05) is 23.9 Å². The molecule has 0 aliphatic carbocycles. The van der Waals surface area contributed by atoms with Crippen molar-refractivity contribution >= 4 is 27.9 Å². The molecular weight excluding hydrogens is 354 g/mol. The summed E-state index contributed by atoms with van der Waals surface area (Å²) in [6.07, 6.45) is 2.38. The molecule has 1 heterocycles. The number of amides is 3. The van der Waals surface area contributed by atoms with E-state index in [1.54, 1.807) is 7.05 Å². The van der Waals surface area contributed by atoms with Crippen LogP contribution < -0.4 is 15.4 Å². The second-order valence-electron chi connectivity index (χ2n) is 5.49. The summed E-state index contributed by atoms with van der Waals surface area (Å²) in [5.41, 5.74) is 0. The van der Waals surface area contributed by atoms with Gasteiger partial charge in [0.15, 0.2) is 6.61 Å². The average molecular weight is 375 g/mol. The molecule has 0 saturated carbocycles. The normalized spacial score (nSPS) is 11.2. The molecule has 1 aromatic heterocycles. The van der Waals surface area contributed by atoms with Gasteiger partial charge in [0, 0.05) is 19.8 Å². The molecule has 0 unspecified atom stereocenters. The Kier molecular flexibility index (Phi) is 7.51. The molecular formula is C13H21N5O6S. The van der Waals surface area contributed by atoms with Crippen molar-refractivity contribution in [3.05, 3.63) is 12.4 Å². The number of urea groups is 1.